The number of hydrogen-bond acceptors (Lipinski definition) is 2. The van der Waals surface area contributed by atoms with E-state index in [0.29, 0.717) is 0 Å². The molecule has 0 bridgehead atoms. The second-order valence-corrected chi connectivity index (χ2v) is 4.90. The molecule has 82 valence electrons. The van der Waals surface area contributed by atoms with Crippen molar-refractivity contribution in [2.75, 3.05) is 0 Å². The van der Waals surface area contributed by atoms with Crippen molar-refractivity contribution in [3.63, 3.8) is 0 Å². The molecule has 1 rings (SSSR count). The van der Waals surface area contributed by atoms with Crippen LogP contribution in [0.2, 0.25) is 0 Å². The molecule has 3 heteroatoms. The van der Waals surface area contributed by atoms with Crippen LogP contribution >= 0.6 is 0 Å². The van der Waals surface area contributed by atoms with Crippen LogP contribution in [0.3, 0.4) is 0 Å². The lowest BCUT2D eigenvalue weighted by Gasteiger charge is -2.41. The van der Waals surface area contributed by atoms with Gasteiger partial charge in [-0.25, -0.2) is 0 Å². The Bertz CT molecular complexity index is 210. The van der Waals surface area contributed by atoms with Crippen LogP contribution in [-0.4, -0.2) is 33.6 Å². The Morgan fingerprint density at radius 3 is 2.07 bits per heavy atom. The molecule has 1 amide bonds. The fraction of sp³-hybridized carbons (Fsp3) is 0.909. The number of amides is 1. The normalized spacial score (nSPS) is 29.1. The molecule has 0 spiro atoms. The molecule has 0 radical (unpaired) electrons. The third-order valence-corrected chi connectivity index (χ3v) is 2.95. The quantitative estimate of drug-likeness (QED) is 0.696. The number of carbonyl (C=O) groups is 1. The highest BCUT2D eigenvalue weighted by Crippen LogP contribution is 2.25. The van der Waals surface area contributed by atoms with Crippen LogP contribution in [-0.2, 0) is 4.79 Å². The lowest BCUT2D eigenvalue weighted by molar-refractivity contribution is -0.154. The van der Waals surface area contributed by atoms with Crippen molar-refractivity contribution in [1.29, 1.82) is 0 Å². The smallest absolute Gasteiger partial charge is 0.254 e. The van der Waals surface area contributed by atoms with E-state index in [1.54, 1.807) is 13.8 Å². The van der Waals surface area contributed by atoms with Gasteiger partial charge in [0.1, 0.15) is 5.60 Å². The maximum absolute atomic E-state index is 11.9. The molecule has 1 N–H and O–H groups in total. The van der Waals surface area contributed by atoms with Crippen molar-refractivity contribution in [2.24, 2.45) is 0 Å². The largest absolute Gasteiger partial charge is 0.381 e. The predicted molar refractivity (Wildman–Crippen MR) is 55.9 cm³/mol. The van der Waals surface area contributed by atoms with Crippen LogP contribution in [0, 0.1) is 0 Å². The molecule has 1 aliphatic rings. The second kappa shape index (κ2) is 3.89. The topological polar surface area (TPSA) is 40.5 Å². The lowest BCUT2D eigenvalue weighted by Crippen LogP contribution is -2.54. The summed E-state index contributed by atoms with van der Waals surface area (Å²) in [5, 5.41) is 9.68. The Balaban J connectivity index is 2.78. The van der Waals surface area contributed by atoms with Crippen LogP contribution in [0.25, 0.3) is 0 Å². The Kier molecular flexibility index (Phi) is 3.20. The average Bonchev–Trinajstić information content (AvgIpc) is 2.01. The van der Waals surface area contributed by atoms with E-state index < -0.39 is 5.60 Å². The van der Waals surface area contributed by atoms with Crippen LogP contribution in [0.15, 0.2) is 0 Å². The summed E-state index contributed by atoms with van der Waals surface area (Å²) >= 11 is 0. The maximum atomic E-state index is 11.9. The Morgan fingerprint density at radius 1 is 1.29 bits per heavy atom. The molecule has 0 saturated carbocycles. The van der Waals surface area contributed by atoms with E-state index in [1.165, 1.54) is 6.42 Å². The van der Waals surface area contributed by atoms with Crippen molar-refractivity contribution in [3.8, 4) is 0 Å². The summed E-state index contributed by atoms with van der Waals surface area (Å²) in [6.45, 7) is 7.23. The zero-order chi connectivity index (χ0) is 10.9. The monoisotopic (exact) mass is 199 g/mol. The van der Waals surface area contributed by atoms with Gasteiger partial charge in [-0.15, -0.1) is 0 Å². The Morgan fingerprint density at radius 2 is 1.71 bits per heavy atom. The number of nitrogens with zero attached hydrogens (tertiary/aromatic N) is 1. The molecule has 1 heterocycles. The molecule has 0 aromatic carbocycles. The summed E-state index contributed by atoms with van der Waals surface area (Å²) in [6, 6.07) is 0.523. The van der Waals surface area contributed by atoms with E-state index >= 15 is 0 Å². The van der Waals surface area contributed by atoms with E-state index in [2.05, 4.69) is 13.8 Å². The van der Waals surface area contributed by atoms with Crippen molar-refractivity contribution in [3.05, 3.63) is 0 Å². The van der Waals surface area contributed by atoms with Crippen molar-refractivity contribution < 1.29 is 9.90 Å². The zero-order valence-corrected chi connectivity index (χ0v) is 9.58. The average molecular weight is 199 g/mol. The first-order valence-corrected chi connectivity index (χ1v) is 5.39. The summed E-state index contributed by atoms with van der Waals surface area (Å²) < 4.78 is 0. The van der Waals surface area contributed by atoms with Crippen LogP contribution < -0.4 is 0 Å². The Labute approximate surface area is 86.1 Å². The zero-order valence-electron chi connectivity index (χ0n) is 9.58. The van der Waals surface area contributed by atoms with E-state index in [4.69, 9.17) is 0 Å². The maximum Gasteiger partial charge on any atom is 0.254 e. The molecular formula is C11H21NO2. The first kappa shape index (κ1) is 11.5. The summed E-state index contributed by atoms with van der Waals surface area (Å²) in [5.74, 6) is -0.141. The number of piperidine rings is 1. The van der Waals surface area contributed by atoms with Crippen molar-refractivity contribution in [2.45, 2.75) is 64.6 Å². The van der Waals surface area contributed by atoms with Crippen LogP contribution in [0.1, 0.15) is 47.0 Å². The highest BCUT2D eigenvalue weighted by atomic mass is 16.3. The van der Waals surface area contributed by atoms with Gasteiger partial charge in [-0.2, -0.15) is 0 Å². The standard InChI is InChI=1S/C11H21NO2/c1-8-6-5-7-9(2)12(8)10(13)11(3,4)14/h8-9,14H,5-7H2,1-4H3/t8-,9+. The molecule has 2 atom stereocenters. The van der Waals surface area contributed by atoms with Crippen LogP contribution in [0.4, 0.5) is 0 Å². The van der Waals surface area contributed by atoms with Gasteiger partial charge in [-0.05, 0) is 47.0 Å². The van der Waals surface area contributed by atoms with Gasteiger partial charge in [0.05, 0.1) is 0 Å². The van der Waals surface area contributed by atoms with Crippen molar-refractivity contribution in [1.82, 2.24) is 4.90 Å². The number of carbonyl (C=O) groups excluding carboxylic acids is 1. The van der Waals surface area contributed by atoms with Gasteiger partial charge in [-0.3, -0.25) is 4.79 Å². The highest BCUT2D eigenvalue weighted by Gasteiger charge is 2.36. The van der Waals surface area contributed by atoms with Gasteiger partial charge in [-0.1, -0.05) is 0 Å². The minimum atomic E-state index is -1.24. The van der Waals surface area contributed by atoms with E-state index in [0.717, 1.165) is 12.8 Å². The fourth-order valence-corrected chi connectivity index (χ4v) is 2.14. The van der Waals surface area contributed by atoms with E-state index in [9.17, 15) is 9.90 Å². The molecule has 1 saturated heterocycles. The molecule has 14 heavy (non-hydrogen) atoms. The third kappa shape index (κ3) is 2.27. The van der Waals surface area contributed by atoms with Gasteiger partial charge in [0.25, 0.3) is 5.91 Å². The van der Waals surface area contributed by atoms with Gasteiger partial charge in [0.2, 0.25) is 0 Å². The lowest BCUT2D eigenvalue weighted by atomic mass is 9.95. The molecule has 1 fully saturated rings. The molecule has 0 unspecified atom stereocenters. The van der Waals surface area contributed by atoms with E-state index in [-0.39, 0.29) is 18.0 Å². The molecular weight excluding hydrogens is 178 g/mol. The van der Waals surface area contributed by atoms with Gasteiger partial charge >= 0.3 is 0 Å². The summed E-state index contributed by atoms with van der Waals surface area (Å²) in [4.78, 5) is 13.8. The SMILES string of the molecule is C[C@@H]1CCC[C@H](C)N1C(=O)C(C)(C)O. The third-order valence-electron chi connectivity index (χ3n) is 2.95. The van der Waals surface area contributed by atoms with Crippen molar-refractivity contribution >= 4 is 5.91 Å². The summed E-state index contributed by atoms with van der Waals surface area (Å²) in [5.41, 5.74) is -1.24. The number of rotatable bonds is 1. The fourth-order valence-electron chi connectivity index (χ4n) is 2.14. The van der Waals surface area contributed by atoms with Gasteiger partial charge in [0.15, 0.2) is 0 Å². The molecule has 0 aromatic heterocycles. The Hall–Kier alpha value is -0.570. The number of hydrogen-bond donors (Lipinski definition) is 1. The molecule has 0 aromatic rings. The number of likely N-dealkylation sites (tertiary alicyclic amines) is 1. The second-order valence-electron chi connectivity index (χ2n) is 4.90. The number of aliphatic hydroxyl groups is 1. The van der Waals surface area contributed by atoms with Gasteiger partial charge < -0.3 is 10.0 Å². The van der Waals surface area contributed by atoms with E-state index in [1.807, 2.05) is 4.90 Å². The first-order chi connectivity index (χ1) is 6.34. The minimum absolute atomic E-state index is 0.141. The highest BCUT2D eigenvalue weighted by molar-refractivity contribution is 5.84. The molecule has 0 aliphatic carbocycles. The summed E-state index contributed by atoms with van der Waals surface area (Å²) in [7, 11) is 0. The van der Waals surface area contributed by atoms with Gasteiger partial charge in [0, 0.05) is 12.1 Å². The van der Waals surface area contributed by atoms with Crippen LogP contribution in [0.5, 0.6) is 0 Å². The summed E-state index contributed by atoms with van der Waals surface area (Å²) in [6.07, 6.45) is 3.27. The minimum Gasteiger partial charge on any atom is -0.381 e. The molecule has 1 aliphatic heterocycles. The predicted octanol–water partition coefficient (Wildman–Crippen LogP) is 1.55. The first-order valence-electron chi connectivity index (χ1n) is 5.39. The molecule has 3 nitrogen and oxygen atoms in total.